The molecule has 0 bridgehead atoms. The highest BCUT2D eigenvalue weighted by Crippen LogP contribution is 2.44. The van der Waals surface area contributed by atoms with E-state index in [0.717, 1.165) is 48.1 Å². The summed E-state index contributed by atoms with van der Waals surface area (Å²) in [5, 5.41) is 7.80. The van der Waals surface area contributed by atoms with Gasteiger partial charge in [-0.3, -0.25) is 4.99 Å². The summed E-state index contributed by atoms with van der Waals surface area (Å²) in [4.78, 5) is 7.85. The van der Waals surface area contributed by atoms with Crippen molar-refractivity contribution in [1.29, 1.82) is 0 Å². The summed E-state index contributed by atoms with van der Waals surface area (Å²) >= 11 is 0.980. The summed E-state index contributed by atoms with van der Waals surface area (Å²) in [5.74, 6) is 1.41. The maximum absolute atomic E-state index is 12.7. The van der Waals surface area contributed by atoms with Crippen LogP contribution in [0, 0.1) is 0 Å². The van der Waals surface area contributed by atoms with Crippen molar-refractivity contribution in [3.63, 3.8) is 0 Å². The number of rotatable bonds is 6. The molecule has 0 aliphatic heterocycles. The lowest BCUT2D eigenvalue weighted by Gasteiger charge is -2.32. The number of nitrogens with one attached hydrogen (secondary N) is 2. The topological polar surface area (TPSA) is 58.5 Å². The van der Waals surface area contributed by atoms with E-state index in [4.69, 9.17) is 4.74 Å². The van der Waals surface area contributed by atoms with E-state index in [-0.39, 0.29) is 35.9 Å². The Hall–Kier alpha value is -1.56. The third-order valence-electron chi connectivity index (χ3n) is 5.31. The van der Waals surface area contributed by atoms with E-state index in [1.165, 1.54) is 5.56 Å². The number of aromatic nitrogens is 1. The van der Waals surface area contributed by atoms with Crippen molar-refractivity contribution in [1.82, 2.24) is 15.6 Å². The summed E-state index contributed by atoms with van der Waals surface area (Å²) < 4.78 is 43.7. The fraction of sp³-hybridized carbons (Fsp3) is 0.500. The highest BCUT2D eigenvalue weighted by molar-refractivity contribution is 14.0. The molecule has 1 aromatic carbocycles. The van der Waals surface area contributed by atoms with Crippen LogP contribution in [0.1, 0.15) is 41.9 Å². The fourth-order valence-corrected chi connectivity index (χ4v) is 4.57. The van der Waals surface area contributed by atoms with Crippen LogP contribution >= 0.6 is 35.3 Å². The van der Waals surface area contributed by atoms with Gasteiger partial charge in [0, 0.05) is 30.0 Å². The van der Waals surface area contributed by atoms with Gasteiger partial charge >= 0.3 is 6.18 Å². The molecule has 0 radical (unpaired) electrons. The molecule has 0 unspecified atom stereocenters. The number of para-hydroxylation sites is 1. The first-order valence-electron chi connectivity index (χ1n) is 9.47. The quantitative estimate of drug-likeness (QED) is 0.301. The van der Waals surface area contributed by atoms with Crippen LogP contribution in [0.5, 0.6) is 5.75 Å². The molecule has 30 heavy (non-hydrogen) atoms. The second kappa shape index (κ2) is 10.7. The summed E-state index contributed by atoms with van der Waals surface area (Å²) in [6.07, 6.45) is -0.0496. The Morgan fingerprint density at radius 1 is 1.23 bits per heavy atom. The maximum atomic E-state index is 12.7. The van der Waals surface area contributed by atoms with Gasteiger partial charge < -0.3 is 15.4 Å². The zero-order valence-corrected chi connectivity index (χ0v) is 20.0. The van der Waals surface area contributed by atoms with Crippen LogP contribution in [0.3, 0.4) is 0 Å². The fourth-order valence-electron chi connectivity index (χ4n) is 3.83. The largest absolute Gasteiger partial charge is 0.496 e. The normalized spacial score (nSPS) is 16.1. The Morgan fingerprint density at radius 2 is 1.93 bits per heavy atom. The highest BCUT2D eigenvalue weighted by Gasteiger charge is 2.38. The van der Waals surface area contributed by atoms with Gasteiger partial charge in [0.25, 0.3) is 0 Å². The Labute approximate surface area is 195 Å². The number of halogens is 4. The summed E-state index contributed by atoms with van der Waals surface area (Å²) in [5.41, 5.74) is 0.260. The van der Waals surface area contributed by atoms with Gasteiger partial charge in [-0.2, -0.15) is 13.2 Å². The molecular weight excluding hydrogens is 528 g/mol. The maximum Gasteiger partial charge on any atom is 0.434 e. The number of benzene rings is 1. The second-order valence-electron chi connectivity index (χ2n) is 7.09. The predicted molar refractivity (Wildman–Crippen MR) is 124 cm³/mol. The van der Waals surface area contributed by atoms with Crippen LogP contribution in [-0.2, 0) is 18.1 Å². The molecule has 0 atom stereocenters. The van der Waals surface area contributed by atoms with Crippen molar-refractivity contribution in [3.8, 4) is 5.75 Å². The smallest absolute Gasteiger partial charge is 0.434 e. The first-order chi connectivity index (χ1) is 13.9. The lowest BCUT2D eigenvalue weighted by atomic mass is 9.78. The van der Waals surface area contributed by atoms with E-state index < -0.39 is 11.9 Å². The summed E-state index contributed by atoms with van der Waals surface area (Å²) in [6, 6.07) is 8.06. The van der Waals surface area contributed by atoms with Crippen LogP contribution in [-0.4, -0.2) is 31.6 Å². The van der Waals surface area contributed by atoms with Gasteiger partial charge in [-0.15, -0.1) is 35.3 Å². The lowest BCUT2D eigenvalue weighted by Crippen LogP contribution is -2.44. The van der Waals surface area contributed by atoms with E-state index in [1.807, 2.05) is 18.2 Å². The van der Waals surface area contributed by atoms with E-state index in [0.29, 0.717) is 17.5 Å². The summed E-state index contributed by atoms with van der Waals surface area (Å²) in [6.45, 7) is 0.848. The van der Waals surface area contributed by atoms with E-state index >= 15 is 0 Å². The molecule has 5 nitrogen and oxygen atoms in total. The van der Waals surface area contributed by atoms with Crippen molar-refractivity contribution >= 4 is 41.3 Å². The van der Waals surface area contributed by atoms with Crippen molar-refractivity contribution in [2.45, 2.75) is 43.8 Å². The first-order valence-corrected chi connectivity index (χ1v) is 10.4. The second-order valence-corrected chi connectivity index (χ2v) is 8.03. The number of thiazole rings is 1. The predicted octanol–water partition coefficient (Wildman–Crippen LogP) is 4.97. The molecule has 2 N–H and O–H groups in total. The van der Waals surface area contributed by atoms with Crippen LogP contribution < -0.4 is 15.4 Å². The Kier molecular flexibility index (Phi) is 8.77. The molecule has 0 saturated heterocycles. The number of nitrogens with zero attached hydrogens (tertiary/aromatic N) is 2. The van der Waals surface area contributed by atoms with Crippen LogP contribution in [0.4, 0.5) is 13.2 Å². The Morgan fingerprint density at radius 3 is 2.53 bits per heavy atom. The Bertz CT molecular complexity index is 851. The minimum absolute atomic E-state index is 0. The molecule has 1 heterocycles. The van der Waals surface area contributed by atoms with Gasteiger partial charge in [0.2, 0.25) is 0 Å². The van der Waals surface area contributed by atoms with Crippen molar-refractivity contribution < 1.29 is 17.9 Å². The van der Waals surface area contributed by atoms with E-state index in [2.05, 4.69) is 26.7 Å². The molecular formula is C20H26F3IN4OS. The van der Waals surface area contributed by atoms with Gasteiger partial charge in [-0.1, -0.05) is 31.0 Å². The minimum Gasteiger partial charge on any atom is -0.496 e. The molecule has 1 aliphatic rings. The van der Waals surface area contributed by atoms with Gasteiger partial charge in [-0.05, 0) is 18.9 Å². The number of guanidine groups is 1. The number of alkyl halides is 3. The van der Waals surface area contributed by atoms with Gasteiger partial charge in [0.05, 0.1) is 13.7 Å². The SMILES string of the molecule is CN=C(NCc1nc(C(F)(F)F)cs1)NCC1(c2ccccc2OC)CCCC1.I. The molecule has 1 aromatic heterocycles. The van der Waals surface area contributed by atoms with Gasteiger partial charge in [0.1, 0.15) is 10.8 Å². The van der Waals surface area contributed by atoms with Gasteiger partial charge in [0.15, 0.2) is 11.7 Å². The minimum atomic E-state index is -4.42. The number of methoxy groups -OCH3 is 1. The molecule has 3 rings (SSSR count). The van der Waals surface area contributed by atoms with Crippen LogP contribution in [0.15, 0.2) is 34.6 Å². The standard InChI is InChI=1S/C20H25F3N4OS.HI/c1-24-18(25-11-17-27-16(12-29-17)20(21,22)23)26-13-19(9-5-6-10-19)14-7-3-4-8-15(14)28-2;/h3-4,7-8,12H,5-6,9-11,13H2,1-2H3,(H2,24,25,26);1H. The number of hydrogen-bond donors (Lipinski definition) is 2. The van der Waals surface area contributed by atoms with Crippen molar-refractivity contribution in [2.24, 2.45) is 4.99 Å². The molecule has 1 fully saturated rings. The Balaban J connectivity index is 0.00000320. The average Bonchev–Trinajstić information content (AvgIpc) is 3.38. The molecule has 0 spiro atoms. The number of ether oxygens (including phenoxy) is 1. The summed E-state index contributed by atoms with van der Waals surface area (Å²) in [7, 11) is 3.32. The van der Waals surface area contributed by atoms with Gasteiger partial charge in [-0.25, -0.2) is 4.98 Å². The zero-order valence-electron chi connectivity index (χ0n) is 16.9. The molecule has 10 heteroatoms. The van der Waals surface area contributed by atoms with Crippen LogP contribution in [0.25, 0.3) is 0 Å². The number of hydrogen-bond acceptors (Lipinski definition) is 4. The molecule has 1 aliphatic carbocycles. The van der Waals surface area contributed by atoms with Crippen molar-refractivity contribution in [2.75, 3.05) is 20.7 Å². The molecule has 1 saturated carbocycles. The number of aliphatic imine (C=N–C) groups is 1. The zero-order chi connectivity index (χ0) is 20.9. The van der Waals surface area contributed by atoms with Crippen LogP contribution in [0.2, 0.25) is 0 Å². The average molecular weight is 554 g/mol. The van der Waals surface area contributed by atoms with Crippen molar-refractivity contribution in [3.05, 3.63) is 45.9 Å². The monoisotopic (exact) mass is 554 g/mol. The third kappa shape index (κ3) is 5.77. The highest BCUT2D eigenvalue weighted by atomic mass is 127. The van der Waals surface area contributed by atoms with E-state index in [1.54, 1.807) is 14.2 Å². The molecule has 0 amide bonds. The third-order valence-corrected chi connectivity index (χ3v) is 6.15. The molecule has 166 valence electrons. The van der Waals surface area contributed by atoms with E-state index in [9.17, 15) is 13.2 Å². The molecule has 2 aromatic rings. The lowest BCUT2D eigenvalue weighted by molar-refractivity contribution is -0.140. The first kappa shape index (κ1) is 24.7.